The van der Waals surface area contributed by atoms with Gasteiger partial charge in [-0.2, -0.15) is 13.2 Å². The molecule has 0 saturated carbocycles. The lowest BCUT2D eigenvalue weighted by molar-refractivity contribution is -0.143. The molecule has 1 aromatic carbocycles. The minimum absolute atomic E-state index is 0.0196. The first-order valence-corrected chi connectivity index (χ1v) is 5.34. The molecule has 0 fully saturated rings. The van der Waals surface area contributed by atoms with E-state index in [1.165, 1.54) is 20.0 Å². The Morgan fingerprint density at radius 1 is 1.32 bits per heavy atom. The number of aryl methyl sites for hydroxylation is 1. The van der Waals surface area contributed by atoms with Gasteiger partial charge in [0, 0.05) is 13.6 Å². The summed E-state index contributed by atoms with van der Waals surface area (Å²) in [7, 11) is 1.35. The Balaban J connectivity index is 2.93. The van der Waals surface area contributed by atoms with E-state index in [1.54, 1.807) is 0 Å². The molecule has 0 heterocycles. The van der Waals surface area contributed by atoms with Gasteiger partial charge in [0.2, 0.25) is 0 Å². The maximum atomic E-state index is 12.5. The predicted octanol–water partition coefficient (Wildman–Crippen LogP) is 1.46. The van der Waals surface area contributed by atoms with Crippen LogP contribution in [0.5, 0.6) is 0 Å². The molecule has 2 amide bonds. The third-order valence-electron chi connectivity index (χ3n) is 2.63. The fraction of sp³-hybridized carbons (Fsp3) is 0.333. The molecule has 7 heteroatoms. The summed E-state index contributed by atoms with van der Waals surface area (Å²) >= 11 is 0. The lowest BCUT2D eigenvalue weighted by atomic mass is 10.0. The Morgan fingerprint density at radius 3 is 2.32 bits per heavy atom. The number of benzene rings is 1. The van der Waals surface area contributed by atoms with Crippen LogP contribution in [0.25, 0.3) is 0 Å². The molecule has 104 valence electrons. The first kappa shape index (κ1) is 15.0. The van der Waals surface area contributed by atoms with E-state index >= 15 is 0 Å². The molecule has 0 saturated heterocycles. The summed E-state index contributed by atoms with van der Waals surface area (Å²) in [5.41, 5.74) is 4.99. The average molecular weight is 274 g/mol. The Kier molecular flexibility index (Phi) is 4.18. The number of rotatable bonds is 2. The highest BCUT2D eigenvalue weighted by molar-refractivity contribution is 6.34. The van der Waals surface area contributed by atoms with Crippen molar-refractivity contribution in [2.45, 2.75) is 19.6 Å². The zero-order chi connectivity index (χ0) is 14.8. The number of hydrogen-bond donors (Lipinski definition) is 1. The largest absolute Gasteiger partial charge is 0.416 e. The molecule has 0 aliphatic rings. The second kappa shape index (κ2) is 5.29. The summed E-state index contributed by atoms with van der Waals surface area (Å²) in [5.74, 6) is -1.99. The second-order valence-electron chi connectivity index (χ2n) is 4.16. The van der Waals surface area contributed by atoms with E-state index < -0.39 is 23.6 Å². The van der Waals surface area contributed by atoms with Gasteiger partial charge in [0.15, 0.2) is 0 Å². The number of carbonyl (C=O) groups excluding carboxylic acids is 2. The number of hydrogen-bond acceptors (Lipinski definition) is 2. The van der Waals surface area contributed by atoms with Crippen LogP contribution >= 0.6 is 0 Å². The molecule has 0 aliphatic carbocycles. The van der Waals surface area contributed by atoms with Crippen molar-refractivity contribution in [3.8, 4) is 0 Å². The fourth-order valence-electron chi connectivity index (χ4n) is 1.57. The van der Waals surface area contributed by atoms with Crippen molar-refractivity contribution in [3.05, 3.63) is 34.9 Å². The minimum atomic E-state index is -4.40. The van der Waals surface area contributed by atoms with Gasteiger partial charge in [-0.3, -0.25) is 9.59 Å². The maximum absolute atomic E-state index is 12.5. The molecule has 2 N–H and O–H groups in total. The van der Waals surface area contributed by atoms with Gasteiger partial charge in [-0.25, -0.2) is 0 Å². The molecular formula is C12H13F3N2O2. The molecule has 19 heavy (non-hydrogen) atoms. The molecule has 1 aromatic rings. The summed E-state index contributed by atoms with van der Waals surface area (Å²) in [6.45, 7) is 1.53. The first-order chi connectivity index (χ1) is 8.62. The second-order valence-corrected chi connectivity index (χ2v) is 4.16. The summed E-state index contributed by atoms with van der Waals surface area (Å²) < 4.78 is 37.4. The standard InChI is InChI=1S/C12H13F3N2O2/c1-7-5-9(12(13,14)15)4-3-8(7)6-17(2)11(19)10(16)18/h3-5H,6H2,1-2H3,(H2,16,18). The van der Waals surface area contributed by atoms with E-state index in [-0.39, 0.29) is 6.54 Å². The van der Waals surface area contributed by atoms with Crippen molar-refractivity contribution < 1.29 is 22.8 Å². The maximum Gasteiger partial charge on any atom is 0.416 e. The van der Waals surface area contributed by atoms with E-state index in [0.29, 0.717) is 11.1 Å². The number of nitrogens with zero attached hydrogens (tertiary/aromatic N) is 1. The Morgan fingerprint density at radius 2 is 1.89 bits per heavy atom. The van der Waals surface area contributed by atoms with Gasteiger partial charge in [-0.15, -0.1) is 0 Å². The van der Waals surface area contributed by atoms with Crippen molar-refractivity contribution in [3.63, 3.8) is 0 Å². The number of alkyl halides is 3. The molecular weight excluding hydrogens is 261 g/mol. The normalized spacial score (nSPS) is 11.2. The highest BCUT2D eigenvalue weighted by Crippen LogP contribution is 2.30. The summed E-state index contributed by atoms with van der Waals surface area (Å²) in [6.07, 6.45) is -4.40. The summed E-state index contributed by atoms with van der Waals surface area (Å²) in [6, 6.07) is 3.21. The van der Waals surface area contributed by atoms with Crippen molar-refractivity contribution in [2.24, 2.45) is 5.73 Å². The van der Waals surface area contributed by atoms with E-state index in [1.807, 2.05) is 0 Å². The minimum Gasteiger partial charge on any atom is -0.361 e. The van der Waals surface area contributed by atoms with Crippen LogP contribution in [0.3, 0.4) is 0 Å². The molecule has 0 unspecified atom stereocenters. The number of likely N-dealkylation sites (N-methyl/N-ethyl adjacent to an activating group) is 1. The summed E-state index contributed by atoms with van der Waals surface area (Å²) in [5, 5.41) is 0. The SMILES string of the molecule is Cc1cc(C(F)(F)F)ccc1CN(C)C(=O)C(N)=O. The number of halogens is 3. The van der Waals surface area contributed by atoms with Crippen LogP contribution in [0.2, 0.25) is 0 Å². The van der Waals surface area contributed by atoms with Gasteiger partial charge in [0.25, 0.3) is 0 Å². The fourth-order valence-corrected chi connectivity index (χ4v) is 1.57. The molecule has 0 aromatic heterocycles. The van der Waals surface area contributed by atoms with Crippen LogP contribution in [-0.2, 0) is 22.3 Å². The van der Waals surface area contributed by atoms with E-state index in [9.17, 15) is 22.8 Å². The van der Waals surface area contributed by atoms with Crippen LogP contribution in [0.15, 0.2) is 18.2 Å². The highest BCUT2D eigenvalue weighted by Gasteiger charge is 2.30. The lowest BCUT2D eigenvalue weighted by Crippen LogP contribution is -2.37. The number of amides is 2. The quantitative estimate of drug-likeness (QED) is 0.830. The van der Waals surface area contributed by atoms with Crippen LogP contribution in [0, 0.1) is 6.92 Å². The smallest absolute Gasteiger partial charge is 0.361 e. The van der Waals surface area contributed by atoms with Crippen LogP contribution in [-0.4, -0.2) is 23.8 Å². The first-order valence-electron chi connectivity index (χ1n) is 5.34. The van der Waals surface area contributed by atoms with Crippen molar-refractivity contribution in [1.82, 2.24) is 4.90 Å². The predicted molar refractivity (Wildman–Crippen MR) is 61.8 cm³/mol. The van der Waals surface area contributed by atoms with Gasteiger partial charge in [-0.1, -0.05) is 6.07 Å². The van der Waals surface area contributed by atoms with Gasteiger partial charge in [-0.05, 0) is 30.2 Å². The molecule has 0 bridgehead atoms. The van der Waals surface area contributed by atoms with E-state index in [4.69, 9.17) is 5.73 Å². The zero-order valence-electron chi connectivity index (χ0n) is 10.4. The van der Waals surface area contributed by atoms with Gasteiger partial charge in [0.05, 0.1) is 5.56 Å². The van der Waals surface area contributed by atoms with Crippen molar-refractivity contribution in [1.29, 1.82) is 0 Å². The molecule has 4 nitrogen and oxygen atoms in total. The van der Waals surface area contributed by atoms with Gasteiger partial charge >= 0.3 is 18.0 Å². The van der Waals surface area contributed by atoms with E-state index in [2.05, 4.69) is 0 Å². The monoisotopic (exact) mass is 274 g/mol. The van der Waals surface area contributed by atoms with Gasteiger partial charge < -0.3 is 10.6 Å². The zero-order valence-corrected chi connectivity index (χ0v) is 10.4. The number of nitrogens with two attached hydrogens (primary N) is 1. The molecule has 0 radical (unpaired) electrons. The average Bonchev–Trinajstić information content (AvgIpc) is 2.29. The topological polar surface area (TPSA) is 63.4 Å². The molecule has 0 atom stereocenters. The molecule has 0 spiro atoms. The van der Waals surface area contributed by atoms with Crippen molar-refractivity contribution in [2.75, 3.05) is 7.05 Å². The molecule has 1 rings (SSSR count). The Labute approximate surface area is 108 Å². The van der Waals surface area contributed by atoms with Crippen molar-refractivity contribution >= 4 is 11.8 Å². The van der Waals surface area contributed by atoms with Crippen LogP contribution in [0.1, 0.15) is 16.7 Å². The number of carbonyl (C=O) groups is 2. The van der Waals surface area contributed by atoms with Gasteiger partial charge in [0.1, 0.15) is 0 Å². The Bertz CT molecular complexity index is 512. The molecule has 0 aliphatic heterocycles. The summed E-state index contributed by atoms with van der Waals surface area (Å²) in [4.78, 5) is 23.0. The van der Waals surface area contributed by atoms with E-state index in [0.717, 1.165) is 17.0 Å². The third kappa shape index (κ3) is 3.70. The lowest BCUT2D eigenvalue weighted by Gasteiger charge is -2.17. The van der Waals surface area contributed by atoms with Crippen LogP contribution in [0.4, 0.5) is 13.2 Å². The third-order valence-corrected chi connectivity index (χ3v) is 2.63. The Hall–Kier alpha value is -2.05. The van der Waals surface area contributed by atoms with Crippen LogP contribution < -0.4 is 5.73 Å². The number of primary amides is 1. The highest BCUT2D eigenvalue weighted by atomic mass is 19.4.